The van der Waals surface area contributed by atoms with Crippen LogP contribution in [-0.4, -0.2) is 30.4 Å². The largest absolute Gasteiger partial charge is 0.471 e. The maximum Gasteiger partial charge on any atom is 0.471 e. The monoisotopic (exact) mass is 365 g/mol. The zero-order valence-corrected chi connectivity index (χ0v) is 13.3. The second-order valence-corrected chi connectivity index (χ2v) is 5.21. The Morgan fingerprint density at radius 2 is 1.46 bits per heavy atom. The zero-order valence-electron chi connectivity index (χ0n) is 13.3. The number of esters is 1. The second kappa shape index (κ2) is 8.28. The average molecular weight is 365 g/mol. The average Bonchev–Trinajstić information content (AvgIpc) is 2.64. The molecule has 1 atom stereocenters. The van der Waals surface area contributed by atoms with Crippen molar-refractivity contribution < 1.29 is 32.3 Å². The van der Waals surface area contributed by atoms with Crippen LogP contribution in [0.4, 0.5) is 13.2 Å². The Morgan fingerprint density at radius 1 is 0.923 bits per heavy atom. The van der Waals surface area contributed by atoms with Crippen LogP contribution in [0.1, 0.15) is 22.0 Å². The summed E-state index contributed by atoms with van der Waals surface area (Å²) < 4.78 is 42.3. The summed E-state index contributed by atoms with van der Waals surface area (Å²) in [7, 11) is 0. The first-order chi connectivity index (χ1) is 12.3. The summed E-state index contributed by atoms with van der Waals surface area (Å²) in [5.74, 6) is -3.97. The molecule has 0 fully saturated rings. The Balaban J connectivity index is 2.10. The van der Waals surface area contributed by atoms with E-state index in [-0.39, 0.29) is 11.1 Å². The van der Waals surface area contributed by atoms with Crippen LogP contribution >= 0.6 is 0 Å². The minimum atomic E-state index is -5.16. The topological polar surface area (TPSA) is 72.5 Å². The van der Waals surface area contributed by atoms with Gasteiger partial charge in [0.25, 0.3) is 0 Å². The fourth-order valence-corrected chi connectivity index (χ4v) is 2.06. The number of ketones is 1. The number of rotatable bonds is 6. The minimum Gasteiger partial charge on any atom is -0.455 e. The molecule has 26 heavy (non-hydrogen) atoms. The van der Waals surface area contributed by atoms with Gasteiger partial charge in [-0.25, -0.2) is 4.79 Å². The van der Waals surface area contributed by atoms with Crippen molar-refractivity contribution in [3.63, 3.8) is 0 Å². The normalized spacial score (nSPS) is 12.1. The van der Waals surface area contributed by atoms with Gasteiger partial charge in [0.2, 0.25) is 0 Å². The van der Waals surface area contributed by atoms with Gasteiger partial charge in [-0.15, -0.1) is 0 Å². The molecule has 1 N–H and O–H groups in total. The first kappa shape index (κ1) is 19.2. The first-order valence-electron chi connectivity index (χ1n) is 7.46. The fraction of sp³-hybridized carbons (Fsp3) is 0.167. The quantitative estimate of drug-likeness (QED) is 0.631. The Hall–Kier alpha value is -3.16. The lowest BCUT2D eigenvalue weighted by molar-refractivity contribution is -0.176. The highest BCUT2D eigenvalue weighted by atomic mass is 19.4. The van der Waals surface area contributed by atoms with E-state index in [0.717, 1.165) is 0 Å². The van der Waals surface area contributed by atoms with Crippen molar-refractivity contribution in [3.05, 3.63) is 71.8 Å². The molecule has 0 spiro atoms. The van der Waals surface area contributed by atoms with Crippen LogP contribution in [0.15, 0.2) is 60.7 Å². The fourth-order valence-electron chi connectivity index (χ4n) is 2.06. The van der Waals surface area contributed by atoms with Crippen molar-refractivity contribution in [2.45, 2.75) is 12.2 Å². The van der Waals surface area contributed by atoms with Crippen LogP contribution in [0.25, 0.3) is 0 Å². The molecule has 2 rings (SSSR count). The molecule has 1 unspecified atom stereocenters. The van der Waals surface area contributed by atoms with Gasteiger partial charge in [-0.2, -0.15) is 13.2 Å². The van der Waals surface area contributed by atoms with Crippen molar-refractivity contribution in [1.82, 2.24) is 5.32 Å². The van der Waals surface area contributed by atoms with Gasteiger partial charge in [0, 0.05) is 5.56 Å². The third kappa shape index (κ3) is 5.17. The van der Waals surface area contributed by atoms with E-state index >= 15 is 0 Å². The van der Waals surface area contributed by atoms with E-state index in [4.69, 9.17) is 4.74 Å². The lowest BCUT2D eigenvalue weighted by Gasteiger charge is -2.18. The van der Waals surface area contributed by atoms with E-state index in [9.17, 15) is 27.6 Å². The number of carbonyl (C=O) groups is 3. The Kier molecular flexibility index (Phi) is 6.11. The maximum absolute atomic E-state index is 12.5. The van der Waals surface area contributed by atoms with Crippen LogP contribution in [0.5, 0.6) is 0 Å². The number of ether oxygens (including phenoxy) is 1. The molecule has 0 saturated heterocycles. The molecule has 0 radical (unpaired) electrons. The van der Waals surface area contributed by atoms with Crippen molar-refractivity contribution in [2.24, 2.45) is 0 Å². The zero-order chi connectivity index (χ0) is 19.2. The molecule has 0 aromatic heterocycles. The van der Waals surface area contributed by atoms with E-state index in [2.05, 4.69) is 0 Å². The molecule has 8 heteroatoms. The van der Waals surface area contributed by atoms with Crippen molar-refractivity contribution in [1.29, 1.82) is 0 Å². The van der Waals surface area contributed by atoms with E-state index < -0.39 is 36.5 Å². The molecule has 0 heterocycles. The van der Waals surface area contributed by atoms with Crippen molar-refractivity contribution in [3.8, 4) is 0 Å². The molecule has 0 aliphatic heterocycles. The first-order valence-corrected chi connectivity index (χ1v) is 7.46. The SMILES string of the molecule is O=C(COC(=O)C(NC(=O)C(F)(F)F)c1ccccc1)c1ccccc1. The number of alkyl halides is 3. The van der Waals surface area contributed by atoms with Gasteiger partial charge in [0.1, 0.15) is 0 Å². The summed E-state index contributed by atoms with van der Waals surface area (Å²) in [6, 6.07) is 13.6. The molecule has 0 saturated carbocycles. The predicted octanol–water partition coefficient (Wildman–Crippen LogP) is 2.83. The molecule has 1 amide bonds. The highest BCUT2D eigenvalue weighted by Gasteiger charge is 2.41. The molecule has 136 valence electrons. The molecule has 0 aliphatic carbocycles. The van der Waals surface area contributed by atoms with Crippen LogP contribution < -0.4 is 5.32 Å². The summed E-state index contributed by atoms with van der Waals surface area (Å²) in [4.78, 5) is 35.3. The molecular formula is C18H14F3NO4. The van der Waals surface area contributed by atoms with Crippen LogP contribution in [0, 0.1) is 0 Å². The van der Waals surface area contributed by atoms with Gasteiger partial charge in [-0.05, 0) is 5.56 Å². The molecular weight excluding hydrogens is 351 g/mol. The molecule has 2 aromatic rings. The van der Waals surface area contributed by atoms with Crippen LogP contribution in [0.2, 0.25) is 0 Å². The summed E-state index contributed by atoms with van der Waals surface area (Å²) >= 11 is 0. The molecule has 0 bridgehead atoms. The summed E-state index contributed by atoms with van der Waals surface area (Å²) in [6.45, 7) is -0.659. The summed E-state index contributed by atoms with van der Waals surface area (Å²) in [6.07, 6.45) is -5.16. The van der Waals surface area contributed by atoms with Crippen LogP contribution in [-0.2, 0) is 14.3 Å². The Morgan fingerprint density at radius 3 is 2.00 bits per heavy atom. The van der Waals surface area contributed by atoms with E-state index in [0.29, 0.717) is 0 Å². The Bertz CT molecular complexity index is 776. The third-order valence-electron chi connectivity index (χ3n) is 3.34. The third-order valence-corrected chi connectivity index (χ3v) is 3.34. The van der Waals surface area contributed by atoms with Gasteiger partial charge in [0.05, 0.1) is 0 Å². The lowest BCUT2D eigenvalue weighted by atomic mass is 10.1. The van der Waals surface area contributed by atoms with Crippen molar-refractivity contribution in [2.75, 3.05) is 6.61 Å². The number of hydrogen-bond donors (Lipinski definition) is 1. The predicted molar refractivity (Wildman–Crippen MR) is 85.1 cm³/mol. The Labute approximate surface area is 146 Å². The highest BCUT2D eigenvalue weighted by molar-refractivity contribution is 5.98. The second-order valence-electron chi connectivity index (χ2n) is 5.21. The molecule has 2 aromatic carbocycles. The number of benzene rings is 2. The van der Waals surface area contributed by atoms with Gasteiger partial charge in [-0.3, -0.25) is 9.59 Å². The van der Waals surface area contributed by atoms with Gasteiger partial charge < -0.3 is 10.1 Å². The van der Waals surface area contributed by atoms with E-state index in [1.165, 1.54) is 36.4 Å². The molecule has 0 aliphatic rings. The van der Waals surface area contributed by atoms with Crippen molar-refractivity contribution >= 4 is 17.7 Å². The van der Waals surface area contributed by atoms with E-state index in [1.807, 2.05) is 0 Å². The lowest BCUT2D eigenvalue weighted by Crippen LogP contribution is -2.42. The number of halogens is 3. The van der Waals surface area contributed by atoms with Crippen LogP contribution in [0.3, 0.4) is 0 Å². The number of Topliss-reactive ketones (excluding diaryl/α,β-unsaturated/α-hetero) is 1. The van der Waals surface area contributed by atoms with Gasteiger partial charge >= 0.3 is 18.1 Å². The highest BCUT2D eigenvalue weighted by Crippen LogP contribution is 2.20. The van der Waals surface area contributed by atoms with Gasteiger partial charge in [0.15, 0.2) is 18.4 Å². The number of hydrogen-bond acceptors (Lipinski definition) is 4. The maximum atomic E-state index is 12.5. The minimum absolute atomic E-state index is 0.0993. The van der Waals surface area contributed by atoms with Gasteiger partial charge in [-0.1, -0.05) is 60.7 Å². The summed E-state index contributed by atoms with van der Waals surface area (Å²) in [5, 5.41) is 1.59. The standard InChI is InChI=1S/C18H14F3NO4/c19-18(20,21)17(25)22-15(13-9-5-2-6-10-13)16(24)26-11-14(23)12-7-3-1-4-8-12/h1-10,15H,11H2,(H,22,25). The summed E-state index contributed by atoms with van der Waals surface area (Å²) in [5.41, 5.74) is 0.387. The number of amides is 1. The smallest absolute Gasteiger partial charge is 0.455 e. The number of nitrogens with one attached hydrogen (secondary N) is 1. The van der Waals surface area contributed by atoms with E-state index in [1.54, 1.807) is 29.6 Å². The number of carbonyl (C=O) groups excluding carboxylic acids is 3. The molecule has 5 nitrogen and oxygen atoms in total.